The van der Waals surface area contributed by atoms with Gasteiger partial charge in [0, 0.05) is 38.9 Å². The molecule has 0 aliphatic rings. The largest absolute Gasteiger partial charge is 0.396 e. The van der Waals surface area contributed by atoms with Gasteiger partial charge in [0.1, 0.15) is 5.69 Å². The van der Waals surface area contributed by atoms with Gasteiger partial charge in [0.25, 0.3) is 11.6 Å². The van der Waals surface area contributed by atoms with Crippen LogP contribution in [0.1, 0.15) is 29.6 Å². The van der Waals surface area contributed by atoms with E-state index in [4.69, 9.17) is 5.11 Å². The molecule has 7 nitrogen and oxygen atoms in total. The summed E-state index contributed by atoms with van der Waals surface area (Å²) in [6.07, 6.45) is 2.35. The maximum atomic E-state index is 11.9. The van der Waals surface area contributed by atoms with E-state index in [0.717, 1.165) is 12.8 Å². The van der Waals surface area contributed by atoms with Crippen LogP contribution in [-0.4, -0.2) is 48.1 Å². The standard InChI is InChI=1S/C14H21N3O4/c1-16(2)14(19)11-6-7-13(17(20)21)12(10-11)15-8-4-3-5-9-18/h6-7,10,15,18H,3-5,8-9H2,1-2H3. The molecular formula is C14H21N3O4. The van der Waals surface area contributed by atoms with Crippen molar-refractivity contribution in [2.75, 3.05) is 32.6 Å². The summed E-state index contributed by atoms with van der Waals surface area (Å²) in [5.41, 5.74) is 0.702. The number of nitrogens with zero attached hydrogens (tertiary/aromatic N) is 2. The Labute approximate surface area is 123 Å². The predicted molar refractivity (Wildman–Crippen MR) is 80.5 cm³/mol. The Morgan fingerprint density at radius 3 is 2.62 bits per heavy atom. The monoisotopic (exact) mass is 295 g/mol. The summed E-state index contributed by atoms with van der Waals surface area (Å²) in [6.45, 7) is 0.702. The minimum absolute atomic E-state index is 0.0486. The summed E-state index contributed by atoms with van der Waals surface area (Å²) in [7, 11) is 3.26. The van der Waals surface area contributed by atoms with Crippen LogP contribution in [0.3, 0.4) is 0 Å². The molecule has 0 radical (unpaired) electrons. The van der Waals surface area contributed by atoms with E-state index in [-0.39, 0.29) is 18.2 Å². The molecule has 0 aliphatic carbocycles. The number of nitro groups is 1. The highest BCUT2D eigenvalue weighted by molar-refractivity contribution is 5.95. The number of unbranched alkanes of at least 4 members (excludes halogenated alkanes) is 2. The van der Waals surface area contributed by atoms with Gasteiger partial charge >= 0.3 is 0 Å². The van der Waals surface area contributed by atoms with Crippen molar-refractivity contribution in [3.8, 4) is 0 Å². The van der Waals surface area contributed by atoms with Crippen molar-refractivity contribution in [1.82, 2.24) is 4.90 Å². The highest BCUT2D eigenvalue weighted by Crippen LogP contribution is 2.26. The van der Waals surface area contributed by atoms with Gasteiger partial charge in [0.05, 0.1) is 4.92 Å². The third kappa shape index (κ3) is 5.03. The van der Waals surface area contributed by atoms with Crippen LogP contribution in [0, 0.1) is 10.1 Å². The zero-order valence-corrected chi connectivity index (χ0v) is 12.3. The Morgan fingerprint density at radius 2 is 2.05 bits per heavy atom. The average Bonchev–Trinajstić information content (AvgIpc) is 2.45. The summed E-state index contributed by atoms with van der Waals surface area (Å²) >= 11 is 0. The maximum absolute atomic E-state index is 11.9. The lowest BCUT2D eigenvalue weighted by atomic mass is 10.1. The number of hydrogen-bond donors (Lipinski definition) is 2. The molecular weight excluding hydrogens is 274 g/mol. The second-order valence-corrected chi connectivity index (χ2v) is 4.90. The van der Waals surface area contributed by atoms with Crippen LogP contribution >= 0.6 is 0 Å². The summed E-state index contributed by atoms with van der Waals surface area (Å²) in [5.74, 6) is -0.201. The van der Waals surface area contributed by atoms with Crippen LogP contribution in [0.25, 0.3) is 0 Å². The van der Waals surface area contributed by atoms with Crippen LogP contribution < -0.4 is 5.32 Å². The number of amides is 1. The summed E-state index contributed by atoms with van der Waals surface area (Å²) in [5, 5.41) is 22.7. The van der Waals surface area contributed by atoms with E-state index in [9.17, 15) is 14.9 Å². The topological polar surface area (TPSA) is 95.7 Å². The van der Waals surface area contributed by atoms with Crippen LogP contribution in [-0.2, 0) is 0 Å². The number of nitrogens with one attached hydrogen (secondary N) is 1. The number of carbonyl (C=O) groups is 1. The Bertz CT molecular complexity index is 503. The molecule has 0 saturated carbocycles. The first-order valence-electron chi connectivity index (χ1n) is 6.82. The first kappa shape index (κ1) is 16.9. The van der Waals surface area contributed by atoms with Gasteiger partial charge in [-0.1, -0.05) is 0 Å². The summed E-state index contributed by atoms with van der Waals surface area (Å²) < 4.78 is 0. The molecule has 0 heterocycles. The molecule has 0 saturated heterocycles. The van der Waals surface area contributed by atoms with Gasteiger partial charge in [-0.15, -0.1) is 0 Å². The van der Waals surface area contributed by atoms with Gasteiger partial charge in [-0.25, -0.2) is 0 Å². The average molecular weight is 295 g/mol. The van der Waals surface area contributed by atoms with Crippen molar-refractivity contribution in [3.63, 3.8) is 0 Å². The van der Waals surface area contributed by atoms with Gasteiger partial charge < -0.3 is 15.3 Å². The molecule has 21 heavy (non-hydrogen) atoms. The molecule has 0 aliphatic heterocycles. The fraction of sp³-hybridized carbons (Fsp3) is 0.500. The Morgan fingerprint density at radius 1 is 1.33 bits per heavy atom. The molecule has 1 rings (SSSR count). The van der Waals surface area contributed by atoms with E-state index in [1.165, 1.54) is 23.1 Å². The van der Waals surface area contributed by atoms with Gasteiger partial charge in [0.2, 0.25) is 0 Å². The lowest BCUT2D eigenvalue weighted by Crippen LogP contribution is -2.21. The van der Waals surface area contributed by atoms with Crippen LogP contribution in [0.5, 0.6) is 0 Å². The molecule has 0 atom stereocenters. The molecule has 0 bridgehead atoms. The fourth-order valence-electron chi connectivity index (χ4n) is 1.86. The van der Waals surface area contributed by atoms with Gasteiger partial charge in [-0.05, 0) is 31.4 Å². The Balaban J connectivity index is 2.84. The first-order chi connectivity index (χ1) is 9.97. The number of hydrogen-bond acceptors (Lipinski definition) is 5. The van der Waals surface area contributed by atoms with Crippen molar-refractivity contribution in [2.24, 2.45) is 0 Å². The Kier molecular flexibility index (Phi) is 6.61. The zero-order chi connectivity index (χ0) is 15.8. The Hall–Kier alpha value is -2.15. The van der Waals surface area contributed by atoms with Gasteiger partial charge in [-0.2, -0.15) is 0 Å². The molecule has 2 N–H and O–H groups in total. The second kappa shape index (κ2) is 8.21. The lowest BCUT2D eigenvalue weighted by molar-refractivity contribution is -0.384. The van der Waals surface area contributed by atoms with Gasteiger partial charge in [-0.3, -0.25) is 14.9 Å². The molecule has 1 amide bonds. The zero-order valence-electron chi connectivity index (χ0n) is 12.3. The fourth-order valence-corrected chi connectivity index (χ4v) is 1.86. The number of aliphatic hydroxyl groups excluding tert-OH is 1. The normalized spacial score (nSPS) is 10.2. The quantitative estimate of drug-likeness (QED) is 0.433. The number of benzene rings is 1. The molecule has 0 spiro atoms. The van der Waals surface area contributed by atoms with Crippen LogP contribution in [0.15, 0.2) is 18.2 Å². The highest BCUT2D eigenvalue weighted by Gasteiger charge is 2.17. The van der Waals surface area contributed by atoms with E-state index >= 15 is 0 Å². The molecule has 0 aromatic heterocycles. The van der Waals surface area contributed by atoms with Crippen LogP contribution in [0.4, 0.5) is 11.4 Å². The lowest BCUT2D eigenvalue weighted by Gasteiger charge is -2.12. The van der Waals surface area contributed by atoms with E-state index < -0.39 is 4.92 Å². The van der Waals surface area contributed by atoms with Crippen LogP contribution in [0.2, 0.25) is 0 Å². The van der Waals surface area contributed by atoms with E-state index in [1.54, 1.807) is 14.1 Å². The minimum atomic E-state index is -0.472. The third-order valence-corrected chi connectivity index (χ3v) is 3.00. The predicted octanol–water partition coefficient (Wildman–Crippen LogP) is 1.87. The molecule has 7 heteroatoms. The molecule has 0 unspecified atom stereocenters. The minimum Gasteiger partial charge on any atom is -0.396 e. The van der Waals surface area contributed by atoms with E-state index in [0.29, 0.717) is 24.2 Å². The van der Waals surface area contributed by atoms with Crippen molar-refractivity contribution >= 4 is 17.3 Å². The summed E-state index contributed by atoms with van der Waals surface area (Å²) in [6, 6.07) is 4.30. The van der Waals surface area contributed by atoms with Crippen molar-refractivity contribution in [3.05, 3.63) is 33.9 Å². The third-order valence-electron chi connectivity index (χ3n) is 3.00. The number of nitro benzene ring substituents is 1. The SMILES string of the molecule is CN(C)C(=O)c1ccc([N+](=O)[O-])c(NCCCCCO)c1. The van der Waals surface area contributed by atoms with Gasteiger partial charge in [0.15, 0.2) is 0 Å². The number of carbonyl (C=O) groups excluding carboxylic acids is 1. The second-order valence-electron chi connectivity index (χ2n) is 4.90. The van der Waals surface area contributed by atoms with E-state index in [2.05, 4.69) is 5.32 Å². The number of rotatable bonds is 8. The summed E-state index contributed by atoms with van der Waals surface area (Å²) in [4.78, 5) is 23.9. The smallest absolute Gasteiger partial charge is 0.292 e. The number of anilines is 1. The molecule has 116 valence electrons. The van der Waals surface area contributed by atoms with Crippen molar-refractivity contribution in [1.29, 1.82) is 0 Å². The van der Waals surface area contributed by atoms with Crippen molar-refractivity contribution in [2.45, 2.75) is 19.3 Å². The highest BCUT2D eigenvalue weighted by atomic mass is 16.6. The molecule has 1 aromatic rings. The van der Waals surface area contributed by atoms with Crippen molar-refractivity contribution < 1.29 is 14.8 Å². The molecule has 0 fully saturated rings. The maximum Gasteiger partial charge on any atom is 0.292 e. The van der Waals surface area contributed by atoms with E-state index in [1.807, 2.05) is 0 Å². The molecule has 1 aromatic carbocycles. The number of aliphatic hydroxyl groups is 1. The first-order valence-corrected chi connectivity index (χ1v) is 6.82.